The average Bonchev–Trinajstić information content (AvgIpc) is 2.94. The molecule has 3 aromatic rings. The number of aromatic nitrogens is 1. The van der Waals surface area contributed by atoms with Gasteiger partial charge < -0.3 is 19.5 Å². The summed E-state index contributed by atoms with van der Waals surface area (Å²) in [7, 11) is 3.27. The van der Waals surface area contributed by atoms with Gasteiger partial charge in [-0.25, -0.2) is 4.39 Å². The van der Waals surface area contributed by atoms with Gasteiger partial charge in [-0.2, -0.15) is 0 Å². The summed E-state index contributed by atoms with van der Waals surface area (Å²) in [5.41, 5.74) is 0.908. The Morgan fingerprint density at radius 2 is 1.89 bits per heavy atom. The third-order valence-corrected chi connectivity index (χ3v) is 8.87. The number of hydrogen-bond acceptors (Lipinski definition) is 6. The first kappa shape index (κ1) is 28.0. The molecule has 200 valence electrons. The van der Waals surface area contributed by atoms with Gasteiger partial charge in [0.05, 0.1) is 24.8 Å². The van der Waals surface area contributed by atoms with Gasteiger partial charge in [-0.3, -0.25) is 4.98 Å². The van der Waals surface area contributed by atoms with Gasteiger partial charge in [-0.15, -0.1) is 11.8 Å². The Morgan fingerprint density at radius 1 is 1.14 bits per heavy atom. The Morgan fingerprint density at radius 3 is 2.62 bits per heavy atom. The molecule has 1 saturated heterocycles. The maximum absolute atomic E-state index is 15.6. The molecule has 0 amide bonds. The molecule has 1 fully saturated rings. The lowest BCUT2D eigenvalue weighted by molar-refractivity contribution is 0.0304. The lowest BCUT2D eigenvalue weighted by Gasteiger charge is -2.41. The lowest BCUT2D eigenvalue weighted by Crippen LogP contribution is -2.42. The number of likely N-dealkylation sites (tertiary alicyclic amines) is 1. The molecule has 2 aromatic carbocycles. The third-order valence-electron chi connectivity index (χ3n) is 7.49. The zero-order valence-electron chi connectivity index (χ0n) is 21.6. The lowest BCUT2D eigenvalue weighted by atomic mass is 9.74. The van der Waals surface area contributed by atoms with Crippen molar-refractivity contribution < 1.29 is 19.0 Å². The van der Waals surface area contributed by atoms with Crippen molar-refractivity contribution in [3.8, 4) is 11.5 Å². The van der Waals surface area contributed by atoms with Gasteiger partial charge >= 0.3 is 0 Å². The number of ether oxygens (including phenoxy) is 2. The molecule has 1 atom stereocenters. The number of alkyl halides is 1. The highest BCUT2D eigenvalue weighted by Crippen LogP contribution is 2.42. The summed E-state index contributed by atoms with van der Waals surface area (Å²) in [6, 6.07) is 13.6. The number of piperidine rings is 1. The molecule has 0 radical (unpaired) electrons. The van der Waals surface area contributed by atoms with E-state index in [1.54, 1.807) is 20.3 Å². The van der Waals surface area contributed by atoms with Crippen LogP contribution in [0.2, 0.25) is 5.02 Å². The molecule has 4 rings (SSSR count). The van der Waals surface area contributed by atoms with Crippen LogP contribution in [0.1, 0.15) is 43.8 Å². The maximum Gasteiger partial charge on any atom is 0.127 e. The van der Waals surface area contributed by atoms with Gasteiger partial charge in [0.15, 0.2) is 0 Å². The molecule has 0 aliphatic carbocycles. The third kappa shape index (κ3) is 7.08. The highest BCUT2D eigenvalue weighted by atomic mass is 35.5. The SMILES string of the molecule is COc1cccc(SCCCN2CCC(CO)(CC[C@H](F)c3c(Cl)cnc4ccc(OC)cc34)CC2)c1. The number of nitrogens with zero attached hydrogens (tertiary/aromatic N) is 2. The van der Waals surface area contributed by atoms with E-state index in [-0.39, 0.29) is 12.0 Å². The Bertz CT molecular complexity index is 1170. The molecule has 1 aliphatic rings. The Labute approximate surface area is 228 Å². The van der Waals surface area contributed by atoms with Gasteiger partial charge in [0.2, 0.25) is 0 Å². The van der Waals surface area contributed by atoms with E-state index in [1.807, 2.05) is 36.0 Å². The van der Waals surface area contributed by atoms with Crippen LogP contribution >= 0.6 is 23.4 Å². The minimum Gasteiger partial charge on any atom is -0.497 e. The van der Waals surface area contributed by atoms with Crippen molar-refractivity contribution in [1.82, 2.24) is 9.88 Å². The normalized spacial score (nSPS) is 16.6. The van der Waals surface area contributed by atoms with Crippen molar-refractivity contribution in [1.29, 1.82) is 0 Å². The van der Waals surface area contributed by atoms with Crippen molar-refractivity contribution in [2.45, 2.75) is 43.2 Å². The monoisotopic (exact) mass is 546 g/mol. The molecule has 1 N–H and O–H groups in total. The molecular formula is C29H36ClFN2O3S. The van der Waals surface area contributed by atoms with E-state index >= 15 is 4.39 Å². The molecule has 1 aliphatic heterocycles. The molecule has 0 spiro atoms. The van der Waals surface area contributed by atoms with Crippen molar-refractivity contribution >= 4 is 34.3 Å². The fourth-order valence-electron chi connectivity index (χ4n) is 5.10. The molecule has 37 heavy (non-hydrogen) atoms. The number of fused-ring (bicyclic) bond motifs is 1. The summed E-state index contributed by atoms with van der Waals surface area (Å²) in [5.74, 6) is 2.58. The molecule has 2 heterocycles. The Kier molecular flexibility index (Phi) is 9.93. The highest BCUT2D eigenvalue weighted by molar-refractivity contribution is 7.99. The second-order valence-electron chi connectivity index (χ2n) is 9.79. The van der Waals surface area contributed by atoms with E-state index in [4.69, 9.17) is 21.1 Å². The number of hydrogen-bond donors (Lipinski definition) is 1. The molecule has 0 saturated carbocycles. The van der Waals surface area contributed by atoms with Crippen LogP contribution in [0.5, 0.6) is 11.5 Å². The quantitative estimate of drug-likeness (QED) is 0.196. The first-order valence-corrected chi connectivity index (χ1v) is 14.2. The van der Waals surface area contributed by atoms with E-state index < -0.39 is 6.17 Å². The van der Waals surface area contributed by atoms with Gasteiger partial charge in [-0.05, 0) is 99.3 Å². The highest BCUT2D eigenvalue weighted by Gasteiger charge is 2.35. The van der Waals surface area contributed by atoms with Crippen LogP contribution in [0.15, 0.2) is 53.6 Å². The number of benzene rings is 2. The largest absolute Gasteiger partial charge is 0.497 e. The second kappa shape index (κ2) is 13.1. The topological polar surface area (TPSA) is 54.8 Å². The van der Waals surface area contributed by atoms with Gasteiger partial charge in [-0.1, -0.05) is 17.7 Å². The summed E-state index contributed by atoms with van der Waals surface area (Å²) >= 11 is 8.25. The van der Waals surface area contributed by atoms with Crippen LogP contribution in [0.25, 0.3) is 10.9 Å². The number of rotatable bonds is 12. The van der Waals surface area contributed by atoms with Crippen LogP contribution in [-0.2, 0) is 0 Å². The number of aliphatic hydroxyl groups excluding tert-OH is 1. The summed E-state index contributed by atoms with van der Waals surface area (Å²) in [4.78, 5) is 8.02. The van der Waals surface area contributed by atoms with Crippen molar-refractivity contribution in [2.24, 2.45) is 5.41 Å². The van der Waals surface area contributed by atoms with Gasteiger partial charge in [0.1, 0.15) is 17.7 Å². The van der Waals surface area contributed by atoms with Crippen molar-refractivity contribution in [2.75, 3.05) is 46.2 Å². The first-order valence-electron chi connectivity index (χ1n) is 12.8. The van der Waals surface area contributed by atoms with E-state index in [0.29, 0.717) is 40.1 Å². The summed E-state index contributed by atoms with van der Waals surface area (Å²) in [6.07, 6.45) is 4.06. The summed E-state index contributed by atoms with van der Waals surface area (Å²) in [5, 5.41) is 11.3. The van der Waals surface area contributed by atoms with E-state index in [0.717, 1.165) is 50.4 Å². The predicted molar refractivity (Wildman–Crippen MR) is 150 cm³/mol. The number of methoxy groups -OCH3 is 2. The molecule has 0 unspecified atom stereocenters. The molecular weight excluding hydrogens is 511 g/mol. The number of aliphatic hydroxyl groups is 1. The van der Waals surface area contributed by atoms with Gasteiger partial charge in [0.25, 0.3) is 0 Å². The Hall–Kier alpha value is -2.06. The minimum atomic E-state index is -1.24. The van der Waals surface area contributed by atoms with Crippen LogP contribution < -0.4 is 9.47 Å². The van der Waals surface area contributed by atoms with E-state index in [9.17, 15) is 5.11 Å². The fourth-order valence-corrected chi connectivity index (χ4v) is 6.25. The van der Waals surface area contributed by atoms with E-state index in [2.05, 4.69) is 22.0 Å². The molecule has 5 nitrogen and oxygen atoms in total. The van der Waals surface area contributed by atoms with Crippen molar-refractivity contribution in [3.63, 3.8) is 0 Å². The number of thioether (sulfide) groups is 1. The predicted octanol–water partition coefficient (Wildman–Crippen LogP) is 6.95. The fraction of sp³-hybridized carbons (Fsp3) is 0.483. The smallest absolute Gasteiger partial charge is 0.127 e. The average molecular weight is 547 g/mol. The van der Waals surface area contributed by atoms with Crippen LogP contribution in [0.3, 0.4) is 0 Å². The van der Waals surface area contributed by atoms with Gasteiger partial charge in [0, 0.05) is 28.6 Å². The second-order valence-corrected chi connectivity index (χ2v) is 11.4. The van der Waals surface area contributed by atoms with E-state index in [1.165, 1.54) is 11.1 Å². The summed E-state index contributed by atoms with van der Waals surface area (Å²) < 4.78 is 26.3. The zero-order chi connectivity index (χ0) is 26.3. The van der Waals surface area contributed by atoms with Crippen LogP contribution in [0.4, 0.5) is 4.39 Å². The molecule has 0 bridgehead atoms. The Balaban J connectivity index is 1.28. The number of halogens is 2. The number of pyridine rings is 1. The molecule has 1 aromatic heterocycles. The van der Waals surface area contributed by atoms with Crippen LogP contribution in [-0.4, -0.2) is 61.2 Å². The zero-order valence-corrected chi connectivity index (χ0v) is 23.2. The first-order chi connectivity index (χ1) is 18.0. The standard InChI is InChI=1S/C29H36ClFN2O3S/c1-35-21-5-3-6-23(17-21)37-16-4-13-33-14-11-29(20-34,12-15-33)10-9-26(31)28-24-18-22(36-2)7-8-27(24)32-19-25(28)30/h3,5-8,17-19,26,34H,4,9-16,20H2,1-2H3/t26-/m0/s1. The van der Waals surface area contributed by atoms with Crippen LogP contribution in [0, 0.1) is 5.41 Å². The summed E-state index contributed by atoms with van der Waals surface area (Å²) in [6.45, 7) is 2.97. The molecule has 8 heteroatoms. The van der Waals surface area contributed by atoms with Crippen molar-refractivity contribution in [3.05, 3.63) is 59.2 Å². The minimum absolute atomic E-state index is 0.0812. The maximum atomic E-state index is 15.6.